The van der Waals surface area contributed by atoms with Gasteiger partial charge >= 0.3 is 0 Å². The zero-order chi connectivity index (χ0) is 30.6. The molecule has 0 N–H and O–H groups in total. The Morgan fingerprint density at radius 1 is 0.714 bits per heavy atom. The maximum Gasteiger partial charge on any atom is 0.0196 e. The van der Waals surface area contributed by atoms with E-state index in [1.54, 1.807) is 27.8 Å². The lowest BCUT2D eigenvalue weighted by Gasteiger charge is -2.38. The lowest BCUT2D eigenvalue weighted by atomic mass is 9.65. The molecule has 0 saturated carbocycles. The molecular formula is C42H56. The Kier molecular flexibility index (Phi) is 6.78. The van der Waals surface area contributed by atoms with Crippen molar-refractivity contribution in [3.05, 3.63) is 92.6 Å². The van der Waals surface area contributed by atoms with Crippen LogP contribution in [0, 0.1) is 36.5 Å². The van der Waals surface area contributed by atoms with Crippen LogP contribution in [0.1, 0.15) is 141 Å². The molecule has 0 bridgehead atoms. The van der Waals surface area contributed by atoms with Gasteiger partial charge in [-0.05, 0) is 124 Å². The van der Waals surface area contributed by atoms with Crippen LogP contribution in [-0.4, -0.2) is 0 Å². The summed E-state index contributed by atoms with van der Waals surface area (Å²) in [5.41, 5.74) is 17.7. The summed E-state index contributed by atoms with van der Waals surface area (Å²) in [6.45, 7) is 28.9. The first-order valence-corrected chi connectivity index (χ1v) is 16.8. The second-order valence-electron chi connectivity index (χ2n) is 17.7. The molecule has 0 aromatic heterocycles. The van der Waals surface area contributed by atoms with Gasteiger partial charge in [0.15, 0.2) is 0 Å². The van der Waals surface area contributed by atoms with E-state index in [9.17, 15) is 0 Å². The Labute approximate surface area is 257 Å². The average Bonchev–Trinajstić information content (AvgIpc) is 3.53. The van der Waals surface area contributed by atoms with E-state index in [0.717, 1.165) is 5.92 Å². The van der Waals surface area contributed by atoms with Gasteiger partial charge in [0.05, 0.1) is 0 Å². The normalized spacial score (nSPS) is 26.0. The van der Waals surface area contributed by atoms with Crippen molar-refractivity contribution in [3.8, 4) is 11.1 Å². The lowest BCUT2D eigenvalue weighted by Crippen LogP contribution is -2.28. The van der Waals surface area contributed by atoms with Crippen LogP contribution in [0.2, 0.25) is 0 Å². The molecule has 0 amide bonds. The van der Waals surface area contributed by atoms with Crippen molar-refractivity contribution in [2.45, 2.75) is 132 Å². The monoisotopic (exact) mass is 560 g/mol. The summed E-state index contributed by atoms with van der Waals surface area (Å²) in [4.78, 5) is 0. The molecule has 0 fully saturated rings. The lowest BCUT2D eigenvalue weighted by molar-refractivity contribution is 0.253. The van der Waals surface area contributed by atoms with E-state index >= 15 is 0 Å². The molecule has 224 valence electrons. The molecule has 42 heavy (non-hydrogen) atoms. The van der Waals surface area contributed by atoms with E-state index in [-0.39, 0.29) is 21.7 Å². The van der Waals surface area contributed by atoms with E-state index in [1.165, 1.54) is 65.5 Å². The van der Waals surface area contributed by atoms with E-state index < -0.39 is 0 Å². The van der Waals surface area contributed by atoms with Crippen LogP contribution in [-0.2, 0) is 10.8 Å². The van der Waals surface area contributed by atoms with Crippen molar-refractivity contribution in [2.24, 2.45) is 22.7 Å². The number of hydrogen-bond donors (Lipinski definition) is 0. The molecule has 0 radical (unpaired) electrons. The fourth-order valence-electron chi connectivity index (χ4n) is 9.43. The van der Waals surface area contributed by atoms with Gasteiger partial charge in [0.2, 0.25) is 0 Å². The van der Waals surface area contributed by atoms with Gasteiger partial charge in [-0.25, -0.2) is 0 Å². The van der Waals surface area contributed by atoms with E-state index in [2.05, 4.69) is 126 Å². The Morgan fingerprint density at radius 2 is 1.26 bits per heavy atom. The summed E-state index contributed by atoms with van der Waals surface area (Å²) in [7, 11) is 0. The topological polar surface area (TPSA) is 0 Å². The predicted molar refractivity (Wildman–Crippen MR) is 182 cm³/mol. The highest BCUT2D eigenvalue weighted by Gasteiger charge is 2.53. The molecule has 0 heteroatoms. The second-order valence-corrected chi connectivity index (χ2v) is 17.7. The van der Waals surface area contributed by atoms with E-state index in [4.69, 9.17) is 0 Å². The van der Waals surface area contributed by atoms with Gasteiger partial charge in [-0.2, -0.15) is 0 Å². The smallest absolute Gasteiger partial charge is 0.0196 e. The van der Waals surface area contributed by atoms with Crippen molar-refractivity contribution in [1.29, 1.82) is 0 Å². The molecule has 0 nitrogen and oxygen atoms in total. The van der Waals surface area contributed by atoms with Gasteiger partial charge in [0.1, 0.15) is 0 Å². The molecule has 2 aromatic rings. The van der Waals surface area contributed by atoms with Crippen LogP contribution >= 0.6 is 0 Å². The maximum absolute atomic E-state index is 2.69. The maximum atomic E-state index is 2.69. The Bertz CT molecular complexity index is 1460. The highest BCUT2D eigenvalue weighted by molar-refractivity contribution is 5.82. The van der Waals surface area contributed by atoms with Gasteiger partial charge in [-0.3, -0.25) is 0 Å². The zero-order valence-corrected chi connectivity index (χ0v) is 28.8. The molecular weight excluding hydrogens is 504 g/mol. The number of benzene rings is 2. The molecule has 0 aliphatic heterocycles. The Balaban J connectivity index is 1.59. The zero-order valence-electron chi connectivity index (χ0n) is 28.8. The van der Waals surface area contributed by atoms with Crippen LogP contribution < -0.4 is 0 Å². The van der Waals surface area contributed by atoms with Crippen LogP contribution in [0.3, 0.4) is 0 Å². The van der Waals surface area contributed by atoms with E-state index in [1.807, 2.05) is 0 Å². The molecule has 2 aromatic carbocycles. The molecule has 3 unspecified atom stereocenters. The third kappa shape index (κ3) is 4.62. The van der Waals surface area contributed by atoms with Gasteiger partial charge in [0, 0.05) is 11.3 Å². The average molecular weight is 561 g/mol. The minimum Gasteiger partial charge on any atom is -0.0885 e. The first-order chi connectivity index (χ1) is 19.4. The summed E-state index contributed by atoms with van der Waals surface area (Å²) < 4.78 is 0. The van der Waals surface area contributed by atoms with Crippen LogP contribution in [0.4, 0.5) is 0 Å². The fourth-order valence-corrected chi connectivity index (χ4v) is 9.43. The number of aryl methyl sites for hydroxylation is 2. The van der Waals surface area contributed by atoms with Crippen molar-refractivity contribution in [1.82, 2.24) is 0 Å². The summed E-state index contributed by atoms with van der Waals surface area (Å²) in [5, 5.41) is 0. The standard InChI is InChI=1S/C42H56/c1-25-18-32-29(22-35(25)40(6,7)8)30-23-36(41(9,10)11)26(2)19-33(30)38(32)42(12)24-34(27-16-14-13-15-17-27)31-20-28(21-37(31)42)39(3,4)5/h13-14,18-19,21-23,27,34,38H,15-17,20,24H2,1-12H3. The molecule has 3 atom stereocenters. The number of hydrogen-bond acceptors (Lipinski definition) is 0. The Morgan fingerprint density at radius 3 is 1.71 bits per heavy atom. The highest BCUT2D eigenvalue weighted by atomic mass is 14.6. The van der Waals surface area contributed by atoms with Crippen molar-refractivity contribution < 1.29 is 0 Å². The first-order valence-electron chi connectivity index (χ1n) is 16.8. The summed E-state index contributed by atoms with van der Waals surface area (Å²) in [5.74, 6) is 1.88. The van der Waals surface area contributed by atoms with Gasteiger partial charge in [0.25, 0.3) is 0 Å². The SMILES string of the molecule is Cc1cc2c(cc1C(C)(C)C)-c1cc(C(C)(C)C)c(C)cc1C2C1(C)CC(C2CC=CCC2)C2=C1C=C(C(C)(C)C)C2. The van der Waals surface area contributed by atoms with Gasteiger partial charge in [-0.15, -0.1) is 0 Å². The van der Waals surface area contributed by atoms with Crippen molar-refractivity contribution >= 4 is 0 Å². The highest BCUT2D eigenvalue weighted by Crippen LogP contribution is 2.66. The fraction of sp³-hybridized carbons (Fsp3) is 0.571. The minimum absolute atomic E-state index is 0.0968. The summed E-state index contributed by atoms with van der Waals surface area (Å²) >= 11 is 0. The van der Waals surface area contributed by atoms with Crippen LogP contribution in [0.25, 0.3) is 11.1 Å². The third-order valence-corrected chi connectivity index (χ3v) is 11.6. The first kappa shape index (κ1) is 29.7. The van der Waals surface area contributed by atoms with Gasteiger partial charge in [-0.1, -0.05) is 123 Å². The third-order valence-electron chi connectivity index (χ3n) is 11.6. The molecule has 4 aliphatic carbocycles. The van der Waals surface area contributed by atoms with Crippen LogP contribution in [0.15, 0.2) is 59.2 Å². The molecule has 0 saturated heterocycles. The quantitative estimate of drug-likeness (QED) is 0.320. The predicted octanol–water partition coefficient (Wildman–Crippen LogP) is 12.1. The Hall–Kier alpha value is -2.34. The summed E-state index contributed by atoms with van der Waals surface area (Å²) in [6.07, 6.45) is 13.9. The number of rotatable bonds is 2. The molecule has 4 aliphatic rings. The second kappa shape index (κ2) is 9.58. The molecule has 6 rings (SSSR count). The molecule has 0 heterocycles. The van der Waals surface area contributed by atoms with Crippen molar-refractivity contribution in [3.63, 3.8) is 0 Å². The van der Waals surface area contributed by atoms with Crippen LogP contribution in [0.5, 0.6) is 0 Å². The van der Waals surface area contributed by atoms with Gasteiger partial charge < -0.3 is 0 Å². The number of allylic oxidation sites excluding steroid dienone is 6. The largest absolute Gasteiger partial charge is 0.0885 e. The summed E-state index contributed by atoms with van der Waals surface area (Å²) in [6, 6.07) is 10.4. The minimum atomic E-state index is 0.0968. The molecule has 0 spiro atoms. The van der Waals surface area contributed by atoms with E-state index in [0.29, 0.717) is 11.8 Å². The number of fused-ring (bicyclic) bond motifs is 3. The van der Waals surface area contributed by atoms with Crippen molar-refractivity contribution in [2.75, 3.05) is 0 Å².